The summed E-state index contributed by atoms with van der Waals surface area (Å²) in [6.45, 7) is 3.90. The molecule has 0 unspecified atom stereocenters. The molecule has 0 bridgehead atoms. The second-order valence-corrected chi connectivity index (χ2v) is 19.8. The molecule has 3 fully saturated rings. The van der Waals surface area contributed by atoms with Gasteiger partial charge in [0.1, 0.15) is 11.8 Å². The Hall–Kier alpha value is -4.77. The molecule has 1 saturated carbocycles. The van der Waals surface area contributed by atoms with Gasteiger partial charge >= 0.3 is 6.09 Å². The summed E-state index contributed by atoms with van der Waals surface area (Å²) < 4.78 is 37.5. The Balaban J connectivity index is 1.07. The minimum Gasteiger partial charge on any atom is -0.496 e. The van der Waals surface area contributed by atoms with Crippen LogP contribution in [0.25, 0.3) is 10.8 Å². The highest BCUT2D eigenvalue weighted by atomic mass is 35.5. The van der Waals surface area contributed by atoms with Gasteiger partial charge in [0.25, 0.3) is 0 Å². The number of rotatable bonds is 17. The lowest BCUT2D eigenvalue weighted by Crippen LogP contribution is -2.64. The molecule has 3 amide bonds. The van der Waals surface area contributed by atoms with E-state index in [1.807, 2.05) is 54.6 Å². The number of piperazine rings is 1. The quantitative estimate of drug-likeness (QED) is 0.0948. The molecule has 1 aliphatic carbocycles. The first-order valence-electron chi connectivity index (χ1n) is 22.4. The Kier molecular flexibility index (Phi) is 15.8. The van der Waals surface area contributed by atoms with Crippen LogP contribution < -0.4 is 30.6 Å². The number of amides is 3. The second kappa shape index (κ2) is 21.5. The zero-order valence-corrected chi connectivity index (χ0v) is 38.5. The van der Waals surface area contributed by atoms with Crippen LogP contribution in [0.2, 0.25) is 5.02 Å². The molecule has 2 atom stereocenters. The van der Waals surface area contributed by atoms with E-state index in [2.05, 4.69) is 44.5 Å². The molecule has 16 heteroatoms. The minimum atomic E-state index is -3.36. The molecule has 3 aliphatic rings. The van der Waals surface area contributed by atoms with Crippen molar-refractivity contribution in [3.8, 4) is 11.5 Å². The van der Waals surface area contributed by atoms with Gasteiger partial charge in [-0.25, -0.2) is 17.9 Å². The highest BCUT2D eigenvalue weighted by molar-refractivity contribution is 7.88. The van der Waals surface area contributed by atoms with Crippen LogP contribution in [0.1, 0.15) is 68.1 Å². The molecule has 344 valence electrons. The van der Waals surface area contributed by atoms with Gasteiger partial charge in [-0.1, -0.05) is 90.8 Å². The number of nitrogens with one attached hydrogen (secondary N) is 3. The third kappa shape index (κ3) is 12.1. The average Bonchev–Trinajstić information content (AvgIpc) is 3.69. The van der Waals surface area contributed by atoms with Crippen LogP contribution in [0.3, 0.4) is 0 Å². The van der Waals surface area contributed by atoms with Crippen LogP contribution in [0.15, 0.2) is 84.9 Å². The third-order valence-electron chi connectivity index (χ3n) is 13.1. The maximum Gasteiger partial charge on any atom is 0.415 e. The molecule has 14 nitrogen and oxygen atoms in total. The maximum absolute atomic E-state index is 14.9. The Morgan fingerprint density at radius 3 is 2.42 bits per heavy atom. The summed E-state index contributed by atoms with van der Waals surface area (Å²) in [5, 5.41) is 8.68. The zero-order valence-electron chi connectivity index (χ0n) is 36.9. The number of sulfonamides is 1. The van der Waals surface area contributed by atoms with Gasteiger partial charge in [0, 0.05) is 62.8 Å². The number of nitrogens with zero attached hydrogens (tertiary/aromatic N) is 3. The van der Waals surface area contributed by atoms with Crippen molar-refractivity contribution in [1.82, 2.24) is 30.1 Å². The molecule has 1 spiro atoms. The molecule has 5 N–H and O–H groups in total. The van der Waals surface area contributed by atoms with E-state index < -0.39 is 34.1 Å². The molecule has 0 aromatic heterocycles. The van der Waals surface area contributed by atoms with E-state index in [0.29, 0.717) is 36.6 Å². The van der Waals surface area contributed by atoms with Gasteiger partial charge in [-0.2, -0.15) is 0 Å². The number of carbonyl (C=O) groups is 3. The number of hydrogen-bond acceptors (Lipinski definition) is 10. The van der Waals surface area contributed by atoms with E-state index in [1.165, 1.54) is 10.5 Å². The normalized spacial score (nSPS) is 20.9. The van der Waals surface area contributed by atoms with Crippen molar-refractivity contribution in [3.63, 3.8) is 0 Å². The zero-order chi connectivity index (χ0) is 45.3. The van der Waals surface area contributed by atoms with Crippen molar-refractivity contribution in [1.29, 1.82) is 0 Å². The number of halogens is 1. The molecule has 2 saturated heterocycles. The summed E-state index contributed by atoms with van der Waals surface area (Å²) >= 11 is 6.71. The van der Waals surface area contributed by atoms with E-state index in [4.69, 9.17) is 26.8 Å². The topological polar surface area (TPSA) is 176 Å². The number of fused-ring (bicyclic) bond motifs is 1. The van der Waals surface area contributed by atoms with Crippen LogP contribution in [0.5, 0.6) is 11.5 Å². The van der Waals surface area contributed by atoms with Gasteiger partial charge in [0.05, 0.1) is 31.0 Å². The summed E-state index contributed by atoms with van der Waals surface area (Å²) in [5.41, 5.74) is 9.07. The monoisotopic (exact) mass is 915 g/mol. The van der Waals surface area contributed by atoms with E-state index in [-0.39, 0.29) is 55.8 Å². The predicted molar refractivity (Wildman–Crippen MR) is 249 cm³/mol. The molecular formula is C48H62ClN7O7S. The Morgan fingerprint density at radius 2 is 1.67 bits per heavy atom. The van der Waals surface area contributed by atoms with E-state index in [1.54, 1.807) is 18.1 Å². The molecule has 7 rings (SSSR count). The highest BCUT2D eigenvalue weighted by Crippen LogP contribution is 2.44. The van der Waals surface area contributed by atoms with Gasteiger partial charge in [0.2, 0.25) is 21.8 Å². The van der Waals surface area contributed by atoms with Crippen LogP contribution in [0.4, 0.5) is 4.79 Å². The summed E-state index contributed by atoms with van der Waals surface area (Å²) in [4.78, 5) is 48.7. The third-order valence-corrected chi connectivity index (χ3v) is 14.2. The van der Waals surface area contributed by atoms with Gasteiger partial charge in [-0.05, 0) is 85.6 Å². The number of nitrogens with two attached hydrogens (primary N) is 1. The first-order valence-corrected chi connectivity index (χ1v) is 24.7. The predicted octanol–water partition coefficient (Wildman–Crippen LogP) is 5.80. The highest BCUT2D eigenvalue weighted by Gasteiger charge is 2.43. The molecule has 64 heavy (non-hydrogen) atoms. The molecule has 2 heterocycles. The first kappa shape index (κ1) is 47.2. The number of methoxy groups -OCH3 is 1. The largest absolute Gasteiger partial charge is 0.496 e. The number of benzene rings is 4. The molecular weight excluding hydrogens is 854 g/mol. The van der Waals surface area contributed by atoms with Crippen LogP contribution in [0, 0.1) is 5.41 Å². The number of hydrogen-bond donors (Lipinski definition) is 4. The first-order chi connectivity index (χ1) is 30.8. The lowest BCUT2D eigenvalue weighted by molar-refractivity contribution is -0.145. The van der Waals surface area contributed by atoms with Crippen molar-refractivity contribution < 1.29 is 32.3 Å². The number of unbranched alkanes of at least 4 members (excludes halogenated alkanes) is 1. The molecule has 4 aromatic carbocycles. The second-order valence-electron chi connectivity index (χ2n) is 17.6. The molecule has 0 radical (unpaired) electrons. The van der Waals surface area contributed by atoms with Crippen LogP contribution in [-0.4, -0.2) is 112 Å². The maximum atomic E-state index is 14.9. The van der Waals surface area contributed by atoms with Crippen molar-refractivity contribution >= 4 is 50.3 Å². The standard InChI is InChI=1S/C48H62ClN7O7S/c1-62-43-28-35(15-16-37(43)29-50)30-51-45(57)41-32-55(47(59)63-42-18-17-36-12-6-7-13-39(36)44(42)49)26-27-56(41)46(58)40(14-8-9-24-52-64(2,60)61)53-38-19-21-48(22-20-38)23-25-54(33-48)31-34-10-4-3-5-11-34/h3-7,10-13,15-18,28,38,40-41,52-53H,8-9,14,19-27,29-33,50H2,1-2H3,(H,51,57)/t38?,40-,41+,48?/m1/s1. The fourth-order valence-electron chi connectivity index (χ4n) is 9.57. The summed E-state index contributed by atoms with van der Waals surface area (Å²) in [7, 11) is -1.80. The van der Waals surface area contributed by atoms with Crippen LogP contribution >= 0.6 is 11.6 Å². The Labute approximate surface area is 382 Å². The smallest absolute Gasteiger partial charge is 0.415 e. The Bertz CT molecular complexity index is 2360. The fraction of sp³-hybridized carbons (Fsp3) is 0.479. The van der Waals surface area contributed by atoms with E-state index >= 15 is 0 Å². The van der Waals surface area contributed by atoms with Crippen molar-refractivity contribution in [2.24, 2.45) is 11.1 Å². The summed E-state index contributed by atoms with van der Waals surface area (Å²) in [5.74, 6) is 0.154. The van der Waals surface area contributed by atoms with Gasteiger partial charge in [0.15, 0.2) is 5.75 Å². The minimum absolute atomic E-state index is 0.0926. The van der Waals surface area contributed by atoms with Crippen molar-refractivity contribution in [2.75, 3.05) is 52.6 Å². The number of ether oxygens (including phenoxy) is 2. The van der Waals surface area contributed by atoms with Gasteiger partial charge in [-0.3, -0.25) is 14.5 Å². The van der Waals surface area contributed by atoms with Crippen LogP contribution in [-0.2, 0) is 39.2 Å². The SMILES string of the molecule is COc1cc(CNC(=O)[C@@H]2CN(C(=O)Oc3ccc4ccccc4c3Cl)CCN2C(=O)[C@@H](CCCCNS(C)(=O)=O)NC2CCC3(CC2)CCN(Cc2ccccc2)C3)ccc1CN. The van der Waals surface area contributed by atoms with Crippen molar-refractivity contribution in [3.05, 3.63) is 107 Å². The van der Waals surface area contributed by atoms with E-state index in [9.17, 15) is 22.8 Å². The van der Waals surface area contributed by atoms with Gasteiger partial charge < -0.3 is 35.6 Å². The Morgan fingerprint density at radius 1 is 0.906 bits per heavy atom. The molecule has 2 aliphatic heterocycles. The lowest BCUT2D eigenvalue weighted by Gasteiger charge is -2.43. The fourth-order valence-corrected chi connectivity index (χ4v) is 10.4. The molecule has 4 aromatic rings. The average molecular weight is 917 g/mol. The summed E-state index contributed by atoms with van der Waals surface area (Å²) in [6.07, 6.45) is 7.12. The summed E-state index contributed by atoms with van der Waals surface area (Å²) in [6, 6.07) is 25.6. The lowest BCUT2D eigenvalue weighted by atomic mass is 9.72. The van der Waals surface area contributed by atoms with Gasteiger partial charge in [-0.15, -0.1) is 0 Å². The number of carbonyl (C=O) groups excluding carboxylic acids is 3. The van der Waals surface area contributed by atoms with E-state index in [0.717, 1.165) is 79.9 Å². The van der Waals surface area contributed by atoms with Crippen molar-refractivity contribution in [2.45, 2.75) is 89.1 Å². The number of likely N-dealkylation sites (tertiary alicyclic amines) is 1.